The fourth-order valence-corrected chi connectivity index (χ4v) is 8.02. The van der Waals surface area contributed by atoms with E-state index in [1.54, 1.807) is 42.5 Å². The van der Waals surface area contributed by atoms with Crippen molar-refractivity contribution in [1.29, 1.82) is 0 Å². The largest absolute Gasteiger partial charge is 0.381 e. The van der Waals surface area contributed by atoms with Gasteiger partial charge in [0.05, 0.1) is 25.4 Å². The third-order valence-electron chi connectivity index (χ3n) is 7.12. The number of hydrogen-bond donors (Lipinski definition) is 0. The van der Waals surface area contributed by atoms with Gasteiger partial charge >= 0.3 is 20.2 Å². The molecule has 2 atom stereocenters. The normalized spacial score (nSPS) is 23.8. The summed E-state index contributed by atoms with van der Waals surface area (Å²) in [6.45, 7) is 1.16. The molecule has 3 aromatic carbocycles. The van der Waals surface area contributed by atoms with E-state index in [1.807, 2.05) is 30.3 Å². The Kier molecular flexibility index (Phi) is 7.03. The summed E-state index contributed by atoms with van der Waals surface area (Å²) >= 11 is 0. The number of para-hydroxylation sites is 2. The third kappa shape index (κ3) is 5.44. The molecule has 0 aromatic heterocycles. The second kappa shape index (κ2) is 10.5. The van der Waals surface area contributed by atoms with Gasteiger partial charge in [-0.25, -0.2) is 0 Å². The van der Waals surface area contributed by atoms with Crippen LogP contribution in [0.4, 0.5) is 0 Å². The van der Waals surface area contributed by atoms with Crippen LogP contribution in [-0.4, -0.2) is 46.3 Å². The van der Waals surface area contributed by atoms with E-state index in [4.69, 9.17) is 17.8 Å². The molecule has 2 fully saturated rings. The number of ether oxygens (including phenoxy) is 2. The Morgan fingerprint density at radius 2 is 1.18 bits per heavy atom. The van der Waals surface area contributed by atoms with E-state index in [9.17, 15) is 16.8 Å². The second-order valence-corrected chi connectivity index (χ2v) is 13.8. The molecule has 8 nitrogen and oxygen atoms in total. The number of rotatable bonds is 11. The monoisotopic (exact) mass is 580 g/mol. The molecule has 208 valence electrons. The molecule has 3 aliphatic rings. The third-order valence-corrected chi connectivity index (χ3v) is 11.4. The Morgan fingerprint density at radius 1 is 0.700 bits per heavy atom. The molecule has 0 saturated carbocycles. The van der Waals surface area contributed by atoms with Gasteiger partial charge in [0.1, 0.15) is 11.5 Å². The Labute approximate surface area is 234 Å². The minimum Gasteiger partial charge on any atom is -0.381 e. The average molecular weight is 581 g/mol. The first-order valence-corrected chi connectivity index (χ1v) is 15.8. The highest BCUT2D eigenvalue weighted by atomic mass is 32.3. The zero-order chi connectivity index (χ0) is 27.8. The van der Waals surface area contributed by atoms with Crippen LogP contribution in [-0.2, 0) is 42.6 Å². The maximum atomic E-state index is 14.1. The van der Waals surface area contributed by atoms with Gasteiger partial charge in [-0.15, -0.1) is 0 Å². The lowest BCUT2D eigenvalue weighted by molar-refractivity contribution is 0.402. The highest BCUT2D eigenvalue weighted by Crippen LogP contribution is 2.41. The average Bonchev–Trinajstić information content (AvgIpc) is 3.89. The summed E-state index contributed by atoms with van der Waals surface area (Å²) in [5.41, 5.74) is 2.74. The van der Waals surface area contributed by atoms with Gasteiger partial charge in [-0.05, 0) is 40.5 Å². The molecule has 0 radical (unpaired) electrons. The van der Waals surface area contributed by atoms with E-state index in [0.717, 1.165) is 5.56 Å². The van der Waals surface area contributed by atoms with Crippen LogP contribution in [0.5, 0.6) is 11.5 Å². The molecular formula is C30H28O8S2. The minimum absolute atomic E-state index is 0.0219. The van der Waals surface area contributed by atoms with Crippen LogP contribution >= 0.6 is 0 Å². The maximum absolute atomic E-state index is 14.1. The predicted molar refractivity (Wildman–Crippen MR) is 150 cm³/mol. The zero-order valence-electron chi connectivity index (χ0n) is 21.5. The van der Waals surface area contributed by atoms with Crippen LogP contribution in [0.2, 0.25) is 0 Å². The SMILES string of the molecule is O=S(=O)(Oc1ccccc1CC1CO1)C1(S(=O)(=O)Oc2ccccc2CC2CO2)C=CC(c2ccccc2)=CC1. The summed E-state index contributed by atoms with van der Waals surface area (Å²) in [6.07, 6.45) is 4.70. The van der Waals surface area contributed by atoms with Crippen molar-refractivity contribution < 1.29 is 34.7 Å². The molecule has 2 unspecified atom stereocenters. The molecule has 2 saturated heterocycles. The van der Waals surface area contributed by atoms with E-state index in [2.05, 4.69) is 0 Å². The summed E-state index contributed by atoms with van der Waals surface area (Å²) in [7, 11) is -9.71. The highest BCUT2D eigenvalue weighted by Gasteiger charge is 2.58. The van der Waals surface area contributed by atoms with Gasteiger partial charge in [-0.3, -0.25) is 0 Å². The number of epoxide rings is 2. The summed E-state index contributed by atoms with van der Waals surface area (Å²) < 4.78 is 75.6. The van der Waals surface area contributed by atoms with Gasteiger partial charge in [-0.2, -0.15) is 16.8 Å². The van der Waals surface area contributed by atoms with Crippen molar-refractivity contribution in [3.05, 3.63) is 114 Å². The van der Waals surface area contributed by atoms with Crippen molar-refractivity contribution >= 4 is 25.8 Å². The molecule has 0 amide bonds. The van der Waals surface area contributed by atoms with Crippen molar-refractivity contribution in [3.8, 4) is 11.5 Å². The summed E-state index contributed by atoms with van der Waals surface area (Å²) in [5, 5.41) is 0. The van der Waals surface area contributed by atoms with Gasteiger partial charge < -0.3 is 17.8 Å². The van der Waals surface area contributed by atoms with Gasteiger partial charge in [0.25, 0.3) is 4.08 Å². The summed E-state index contributed by atoms with van der Waals surface area (Å²) in [6, 6.07) is 22.6. The highest BCUT2D eigenvalue weighted by molar-refractivity contribution is 8.06. The summed E-state index contributed by atoms with van der Waals surface area (Å²) in [4.78, 5) is 0. The van der Waals surface area contributed by atoms with Gasteiger partial charge in [-0.1, -0.05) is 78.9 Å². The van der Waals surface area contributed by atoms with Gasteiger partial charge in [0, 0.05) is 19.3 Å². The second-order valence-electron chi connectivity index (χ2n) is 9.98. The number of hydrogen-bond acceptors (Lipinski definition) is 8. The number of allylic oxidation sites excluding steroid dienone is 3. The molecule has 2 aliphatic heterocycles. The molecule has 6 rings (SSSR count). The van der Waals surface area contributed by atoms with Crippen molar-refractivity contribution in [3.63, 3.8) is 0 Å². The quantitative estimate of drug-likeness (QED) is 0.242. The lowest BCUT2D eigenvalue weighted by Gasteiger charge is -2.30. The molecule has 3 aromatic rings. The maximum Gasteiger partial charge on any atom is 0.337 e. The standard InChI is InChI=1S/C30H28O8S2/c31-39(32,37-28-12-6-4-10-24(28)18-26-20-35-26)30(16-14-23(15-17-30)22-8-2-1-3-9-22)40(33,34)38-29-13-7-5-11-25(29)19-27-21-36-27/h1-16,26-27H,17-21H2. The van der Waals surface area contributed by atoms with Crippen molar-refractivity contribution in [2.45, 2.75) is 35.5 Å². The fourth-order valence-electron chi connectivity index (χ4n) is 4.69. The zero-order valence-corrected chi connectivity index (χ0v) is 23.1. The van der Waals surface area contributed by atoms with Crippen molar-refractivity contribution in [2.75, 3.05) is 13.2 Å². The van der Waals surface area contributed by atoms with E-state index in [-0.39, 0.29) is 23.7 Å². The Morgan fingerprint density at radius 3 is 1.62 bits per heavy atom. The lowest BCUT2D eigenvalue weighted by atomic mass is 9.99. The lowest BCUT2D eigenvalue weighted by Crippen LogP contribution is -2.49. The first kappa shape index (κ1) is 26.8. The Bertz CT molecular complexity index is 1580. The Balaban J connectivity index is 1.38. The van der Waals surface area contributed by atoms with Crippen LogP contribution in [0.1, 0.15) is 23.1 Å². The van der Waals surface area contributed by atoms with E-state index in [0.29, 0.717) is 42.8 Å². The van der Waals surface area contributed by atoms with Crippen molar-refractivity contribution in [2.24, 2.45) is 0 Å². The molecule has 0 spiro atoms. The predicted octanol–water partition coefficient (Wildman–Crippen LogP) is 4.43. The van der Waals surface area contributed by atoms with E-state index in [1.165, 1.54) is 24.3 Å². The molecular weight excluding hydrogens is 552 g/mol. The van der Waals surface area contributed by atoms with Crippen molar-refractivity contribution in [1.82, 2.24) is 0 Å². The Hall–Kier alpha value is -3.44. The van der Waals surface area contributed by atoms with Crippen LogP contribution in [0.15, 0.2) is 97.1 Å². The molecule has 40 heavy (non-hydrogen) atoms. The fraction of sp³-hybridized carbons (Fsp3) is 0.267. The van der Waals surface area contributed by atoms with Crippen LogP contribution in [0, 0.1) is 0 Å². The molecule has 0 N–H and O–H groups in total. The minimum atomic E-state index is -4.85. The number of benzene rings is 3. The van der Waals surface area contributed by atoms with Gasteiger partial charge in [0.15, 0.2) is 0 Å². The summed E-state index contributed by atoms with van der Waals surface area (Å²) in [5.74, 6) is 0.121. The molecule has 0 bridgehead atoms. The van der Waals surface area contributed by atoms with E-state index < -0.39 is 30.7 Å². The van der Waals surface area contributed by atoms with Crippen LogP contribution in [0.25, 0.3) is 5.57 Å². The first-order chi connectivity index (χ1) is 19.3. The molecule has 1 aliphatic carbocycles. The van der Waals surface area contributed by atoms with Crippen LogP contribution in [0.3, 0.4) is 0 Å². The van der Waals surface area contributed by atoms with Gasteiger partial charge in [0.2, 0.25) is 0 Å². The molecule has 10 heteroatoms. The molecule has 2 heterocycles. The van der Waals surface area contributed by atoms with Crippen LogP contribution < -0.4 is 8.37 Å². The van der Waals surface area contributed by atoms with E-state index >= 15 is 0 Å². The topological polar surface area (TPSA) is 112 Å². The first-order valence-electron chi connectivity index (χ1n) is 13.0. The smallest absolute Gasteiger partial charge is 0.337 e.